The largest absolute Gasteiger partial charge is 0.433 e. The lowest BCUT2D eigenvalue weighted by atomic mass is 10.2. The van der Waals surface area contributed by atoms with Crippen LogP contribution in [-0.4, -0.2) is 30.3 Å². The van der Waals surface area contributed by atoms with Crippen LogP contribution in [0.1, 0.15) is 46.2 Å². The van der Waals surface area contributed by atoms with E-state index in [9.17, 15) is 18.0 Å². The van der Waals surface area contributed by atoms with E-state index in [0.29, 0.717) is 21.8 Å². The highest BCUT2D eigenvalue weighted by Gasteiger charge is 2.37. The predicted molar refractivity (Wildman–Crippen MR) is 116 cm³/mol. The number of hydrogen-bond donors (Lipinski definition) is 1. The van der Waals surface area contributed by atoms with Gasteiger partial charge in [-0.2, -0.15) is 23.4 Å². The third kappa shape index (κ3) is 4.53. The molecule has 0 spiro atoms. The Kier molecular flexibility index (Phi) is 5.29. The number of nitrogens with one attached hydrogen (secondary N) is 1. The molecule has 1 aliphatic carbocycles. The molecule has 0 atom stereocenters. The second kappa shape index (κ2) is 8.03. The number of amides is 1. The standard InChI is InChI=1S/C21H15Cl2F3N6O/c22-13-5-1-11(2-6-13)9-31-10-14(23)19(30-31)28-20(33)16-8-18-27-15(12-3-4-12)7-17(21(24,25)26)32(18)29-16/h1-2,5-8,10,12H,3-4,9H2,(H,28,30,33). The summed E-state index contributed by atoms with van der Waals surface area (Å²) in [4.78, 5) is 17.0. The first-order chi connectivity index (χ1) is 15.7. The maximum Gasteiger partial charge on any atom is 0.433 e. The zero-order valence-corrected chi connectivity index (χ0v) is 18.3. The van der Waals surface area contributed by atoms with Crippen molar-refractivity contribution in [2.24, 2.45) is 0 Å². The Hall–Kier alpha value is -3.11. The molecular weight excluding hydrogens is 480 g/mol. The topological polar surface area (TPSA) is 77.1 Å². The summed E-state index contributed by atoms with van der Waals surface area (Å²) in [5.74, 6) is -0.678. The minimum atomic E-state index is -4.64. The second-order valence-electron chi connectivity index (χ2n) is 7.74. The van der Waals surface area contributed by atoms with Crippen molar-refractivity contribution in [2.75, 3.05) is 5.32 Å². The van der Waals surface area contributed by atoms with Gasteiger partial charge in [-0.05, 0) is 36.6 Å². The third-order valence-electron chi connectivity index (χ3n) is 5.17. The van der Waals surface area contributed by atoms with E-state index >= 15 is 0 Å². The van der Waals surface area contributed by atoms with Crippen molar-refractivity contribution in [3.05, 3.63) is 75.3 Å². The number of carbonyl (C=O) groups is 1. The lowest BCUT2D eigenvalue weighted by Crippen LogP contribution is -2.16. The van der Waals surface area contributed by atoms with Crippen molar-refractivity contribution < 1.29 is 18.0 Å². The molecule has 1 saturated carbocycles. The van der Waals surface area contributed by atoms with Crippen LogP contribution in [0.5, 0.6) is 0 Å². The van der Waals surface area contributed by atoms with E-state index in [1.807, 2.05) is 12.1 Å². The van der Waals surface area contributed by atoms with Crippen LogP contribution in [0, 0.1) is 0 Å². The quantitative estimate of drug-likeness (QED) is 0.401. The van der Waals surface area contributed by atoms with E-state index in [4.69, 9.17) is 23.2 Å². The average Bonchev–Trinajstić information content (AvgIpc) is 3.42. The molecule has 33 heavy (non-hydrogen) atoms. The van der Waals surface area contributed by atoms with E-state index in [1.54, 1.807) is 12.1 Å². The van der Waals surface area contributed by atoms with Crippen LogP contribution >= 0.6 is 23.2 Å². The zero-order chi connectivity index (χ0) is 23.3. The number of carbonyl (C=O) groups excluding carboxylic acids is 1. The third-order valence-corrected chi connectivity index (χ3v) is 5.70. The number of benzene rings is 1. The lowest BCUT2D eigenvalue weighted by molar-refractivity contribution is -0.142. The van der Waals surface area contributed by atoms with Gasteiger partial charge >= 0.3 is 6.18 Å². The lowest BCUT2D eigenvalue weighted by Gasteiger charge is -2.10. The van der Waals surface area contributed by atoms with Crippen molar-refractivity contribution in [3.63, 3.8) is 0 Å². The van der Waals surface area contributed by atoms with Crippen LogP contribution in [-0.2, 0) is 12.7 Å². The van der Waals surface area contributed by atoms with Crippen LogP contribution in [0.3, 0.4) is 0 Å². The number of halogens is 5. The second-order valence-corrected chi connectivity index (χ2v) is 8.59. The SMILES string of the molecule is O=C(Nc1nn(Cc2ccc(Cl)cc2)cc1Cl)c1cc2nc(C3CC3)cc(C(F)(F)F)n2n1. The molecule has 170 valence electrons. The fourth-order valence-corrected chi connectivity index (χ4v) is 3.73. The number of anilines is 1. The molecule has 3 heterocycles. The van der Waals surface area contributed by atoms with E-state index in [1.165, 1.54) is 16.9 Å². The summed E-state index contributed by atoms with van der Waals surface area (Å²) in [7, 11) is 0. The minimum absolute atomic E-state index is 0.00619. The Morgan fingerprint density at radius 2 is 1.85 bits per heavy atom. The summed E-state index contributed by atoms with van der Waals surface area (Å²) in [6.45, 7) is 0.379. The van der Waals surface area contributed by atoms with Gasteiger partial charge in [0.1, 0.15) is 10.7 Å². The van der Waals surface area contributed by atoms with Crippen molar-refractivity contribution in [2.45, 2.75) is 31.5 Å². The van der Waals surface area contributed by atoms with Gasteiger partial charge in [-0.3, -0.25) is 9.48 Å². The van der Waals surface area contributed by atoms with Gasteiger partial charge in [-0.1, -0.05) is 35.3 Å². The van der Waals surface area contributed by atoms with Crippen LogP contribution in [0.2, 0.25) is 10.0 Å². The summed E-state index contributed by atoms with van der Waals surface area (Å²) in [6, 6.07) is 9.35. The highest BCUT2D eigenvalue weighted by Crippen LogP contribution is 2.41. The molecule has 1 N–H and O–H groups in total. The molecule has 1 aromatic carbocycles. The number of nitrogens with zero attached hydrogens (tertiary/aromatic N) is 5. The predicted octanol–water partition coefficient (Wildman–Crippen LogP) is 5.43. The molecule has 0 aliphatic heterocycles. The Bertz CT molecular complexity index is 1360. The number of rotatable bonds is 5. The highest BCUT2D eigenvalue weighted by molar-refractivity contribution is 6.33. The van der Waals surface area contributed by atoms with Crippen molar-refractivity contribution in [1.29, 1.82) is 0 Å². The Labute approximate surface area is 195 Å². The van der Waals surface area contributed by atoms with E-state index in [-0.39, 0.29) is 28.1 Å². The molecule has 3 aromatic heterocycles. The molecule has 0 unspecified atom stereocenters. The summed E-state index contributed by atoms with van der Waals surface area (Å²) < 4.78 is 42.9. The summed E-state index contributed by atoms with van der Waals surface area (Å²) in [6.07, 6.45) is -1.53. The molecule has 0 radical (unpaired) electrons. The number of aromatic nitrogens is 5. The fraction of sp³-hybridized carbons (Fsp3) is 0.238. The van der Waals surface area contributed by atoms with Gasteiger partial charge in [0.15, 0.2) is 17.2 Å². The summed E-state index contributed by atoms with van der Waals surface area (Å²) in [5, 5.41) is 11.4. The van der Waals surface area contributed by atoms with Gasteiger partial charge in [-0.25, -0.2) is 9.50 Å². The van der Waals surface area contributed by atoms with Gasteiger partial charge in [0, 0.05) is 28.9 Å². The Morgan fingerprint density at radius 3 is 2.52 bits per heavy atom. The number of alkyl halides is 3. The molecule has 4 aromatic rings. The zero-order valence-electron chi connectivity index (χ0n) is 16.8. The summed E-state index contributed by atoms with van der Waals surface area (Å²) in [5.41, 5.74) is 0.0129. The normalized spacial score (nSPS) is 14.1. The van der Waals surface area contributed by atoms with Crippen LogP contribution in [0.4, 0.5) is 19.0 Å². The molecule has 7 nitrogen and oxygen atoms in total. The Morgan fingerprint density at radius 1 is 1.12 bits per heavy atom. The monoisotopic (exact) mass is 494 g/mol. The number of hydrogen-bond acceptors (Lipinski definition) is 4. The van der Waals surface area contributed by atoms with E-state index in [0.717, 1.165) is 24.5 Å². The fourth-order valence-electron chi connectivity index (χ4n) is 3.41. The van der Waals surface area contributed by atoms with Gasteiger partial charge < -0.3 is 5.32 Å². The first-order valence-corrected chi connectivity index (χ1v) is 10.7. The molecule has 12 heteroatoms. The molecule has 0 saturated heterocycles. The van der Waals surface area contributed by atoms with Crippen molar-refractivity contribution in [3.8, 4) is 0 Å². The number of fused-ring (bicyclic) bond motifs is 1. The van der Waals surface area contributed by atoms with Crippen LogP contribution in [0.25, 0.3) is 5.65 Å². The van der Waals surface area contributed by atoms with Gasteiger partial charge in [0.05, 0.1) is 6.54 Å². The van der Waals surface area contributed by atoms with Gasteiger partial charge in [0.25, 0.3) is 5.91 Å². The van der Waals surface area contributed by atoms with Crippen molar-refractivity contribution in [1.82, 2.24) is 24.4 Å². The molecule has 1 aliphatic rings. The van der Waals surface area contributed by atoms with E-state index in [2.05, 4.69) is 20.5 Å². The molecular formula is C21H15Cl2F3N6O. The maximum atomic E-state index is 13.6. The maximum absolute atomic E-state index is 13.6. The highest BCUT2D eigenvalue weighted by atomic mass is 35.5. The molecule has 1 fully saturated rings. The summed E-state index contributed by atoms with van der Waals surface area (Å²) >= 11 is 12.1. The smallest absolute Gasteiger partial charge is 0.302 e. The van der Waals surface area contributed by atoms with Crippen molar-refractivity contribution >= 4 is 40.6 Å². The van der Waals surface area contributed by atoms with Gasteiger partial charge in [-0.15, -0.1) is 0 Å². The minimum Gasteiger partial charge on any atom is -0.302 e. The first kappa shape index (κ1) is 21.7. The first-order valence-electron chi connectivity index (χ1n) is 9.94. The Balaban J connectivity index is 1.40. The molecule has 1 amide bonds. The van der Waals surface area contributed by atoms with Crippen LogP contribution in [0.15, 0.2) is 42.6 Å². The molecule has 0 bridgehead atoms. The average molecular weight is 495 g/mol. The van der Waals surface area contributed by atoms with Crippen LogP contribution < -0.4 is 5.32 Å². The molecule has 5 rings (SSSR count). The van der Waals surface area contributed by atoms with E-state index < -0.39 is 17.8 Å². The van der Waals surface area contributed by atoms with Gasteiger partial charge in [0.2, 0.25) is 0 Å².